The van der Waals surface area contributed by atoms with Crippen LogP contribution in [0.1, 0.15) is 32.3 Å². The van der Waals surface area contributed by atoms with Crippen molar-refractivity contribution in [2.75, 3.05) is 5.32 Å². The summed E-state index contributed by atoms with van der Waals surface area (Å²) >= 11 is 1.35. The predicted molar refractivity (Wildman–Crippen MR) is 93.2 cm³/mol. The number of amides is 1. The van der Waals surface area contributed by atoms with E-state index < -0.39 is 0 Å². The van der Waals surface area contributed by atoms with Gasteiger partial charge in [-0.2, -0.15) is 0 Å². The molecule has 2 aromatic heterocycles. The van der Waals surface area contributed by atoms with Gasteiger partial charge in [0.15, 0.2) is 10.8 Å². The smallest absolute Gasteiger partial charge is 0.267 e. The maximum absolute atomic E-state index is 12.6. The number of nitrogens with zero attached hydrogens (tertiary/aromatic N) is 1. The molecule has 0 saturated heterocycles. The van der Waals surface area contributed by atoms with Gasteiger partial charge in [0.05, 0.1) is 5.69 Å². The summed E-state index contributed by atoms with van der Waals surface area (Å²) in [6, 6.07) is 9.77. The molecule has 0 aliphatic heterocycles. The number of aromatic nitrogens is 1. The summed E-state index contributed by atoms with van der Waals surface area (Å²) in [4.78, 5) is 17.6. The summed E-state index contributed by atoms with van der Waals surface area (Å²) in [6.45, 7) is 7.71. The van der Waals surface area contributed by atoms with Crippen LogP contribution in [0.2, 0.25) is 0 Å². The van der Waals surface area contributed by atoms with Crippen LogP contribution in [0.25, 0.3) is 10.8 Å². The van der Waals surface area contributed by atoms with Crippen LogP contribution in [0.3, 0.4) is 0 Å². The van der Waals surface area contributed by atoms with Crippen LogP contribution in [0.4, 0.5) is 5.69 Å². The Balaban J connectivity index is 1.88. The number of carbonyl (C=O) groups is 1. The van der Waals surface area contributed by atoms with E-state index in [4.69, 9.17) is 4.42 Å². The Kier molecular flexibility index (Phi) is 4.05. The van der Waals surface area contributed by atoms with Crippen molar-refractivity contribution >= 4 is 22.9 Å². The molecule has 1 N–H and O–H groups in total. The van der Waals surface area contributed by atoms with Crippen molar-refractivity contribution in [3.63, 3.8) is 0 Å². The first kappa shape index (κ1) is 15.5. The highest BCUT2D eigenvalue weighted by Gasteiger charge is 2.18. The Morgan fingerprint density at radius 1 is 1.13 bits per heavy atom. The van der Waals surface area contributed by atoms with Gasteiger partial charge in [0.25, 0.3) is 5.91 Å². The number of nitrogens with one attached hydrogen (secondary N) is 1. The van der Waals surface area contributed by atoms with Crippen molar-refractivity contribution in [2.24, 2.45) is 0 Å². The predicted octanol–water partition coefficient (Wildman–Crippen LogP) is 4.89. The quantitative estimate of drug-likeness (QED) is 0.745. The standard InChI is InChI=1S/C18H18N2O2S/c1-10-5-6-11(2)14(9-10)20-17(21)16-13(4)19-18(23-16)15-8-7-12(3)22-15/h5-9H,1-4H3,(H,20,21). The molecule has 0 fully saturated rings. The van der Waals surface area contributed by atoms with Gasteiger partial charge in [-0.1, -0.05) is 12.1 Å². The van der Waals surface area contributed by atoms with Crippen molar-refractivity contribution in [2.45, 2.75) is 27.7 Å². The van der Waals surface area contributed by atoms with E-state index in [0.29, 0.717) is 16.3 Å². The Morgan fingerprint density at radius 3 is 2.61 bits per heavy atom. The maximum Gasteiger partial charge on any atom is 0.267 e. The topological polar surface area (TPSA) is 55.1 Å². The average Bonchev–Trinajstić information content (AvgIpc) is 3.09. The highest BCUT2D eigenvalue weighted by Crippen LogP contribution is 2.30. The number of carbonyl (C=O) groups excluding carboxylic acids is 1. The Morgan fingerprint density at radius 2 is 1.91 bits per heavy atom. The van der Waals surface area contributed by atoms with E-state index in [1.54, 1.807) is 0 Å². The van der Waals surface area contributed by atoms with Crippen LogP contribution in [0.15, 0.2) is 34.7 Å². The second-order valence-electron chi connectivity index (χ2n) is 5.62. The van der Waals surface area contributed by atoms with Gasteiger partial charge >= 0.3 is 0 Å². The summed E-state index contributed by atoms with van der Waals surface area (Å²) in [5, 5.41) is 3.70. The van der Waals surface area contributed by atoms with Gasteiger partial charge in [-0.05, 0) is 57.0 Å². The van der Waals surface area contributed by atoms with E-state index in [1.165, 1.54) is 11.3 Å². The van der Waals surface area contributed by atoms with E-state index in [-0.39, 0.29) is 5.91 Å². The molecule has 0 aliphatic carbocycles. The number of benzene rings is 1. The van der Waals surface area contributed by atoms with Crippen LogP contribution in [0, 0.1) is 27.7 Å². The van der Waals surface area contributed by atoms with E-state index in [9.17, 15) is 4.79 Å². The molecule has 3 aromatic rings. The molecule has 0 radical (unpaired) electrons. The van der Waals surface area contributed by atoms with Crippen molar-refractivity contribution in [1.82, 2.24) is 4.98 Å². The minimum Gasteiger partial charge on any atom is -0.459 e. The van der Waals surface area contributed by atoms with Gasteiger partial charge in [-0.15, -0.1) is 11.3 Å². The van der Waals surface area contributed by atoms with Crippen LogP contribution >= 0.6 is 11.3 Å². The molecule has 118 valence electrons. The second-order valence-corrected chi connectivity index (χ2v) is 6.62. The number of aryl methyl sites for hydroxylation is 4. The van der Waals surface area contributed by atoms with Crippen molar-refractivity contribution in [3.8, 4) is 10.8 Å². The van der Waals surface area contributed by atoms with Crippen molar-refractivity contribution < 1.29 is 9.21 Å². The first-order valence-corrected chi connectivity index (χ1v) is 8.18. The number of anilines is 1. The third-order valence-electron chi connectivity index (χ3n) is 3.60. The normalized spacial score (nSPS) is 10.8. The van der Waals surface area contributed by atoms with Crippen LogP contribution in [-0.2, 0) is 0 Å². The lowest BCUT2D eigenvalue weighted by Gasteiger charge is -2.08. The van der Waals surface area contributed by atoms with Crippen LogP contribution in [0.5, 0.6) is 0 Å². The van der Waals surface area contributed by atoms with Crippen molar-refractivity contribution in [1.29, 1.82) is 0 Å². The van der Waals surface area contributed by atoms with Gasteiger partial charge in [-0.3, -0.25) is 4.79 Å². The molecule has 0 unspecified atom stereocenters. The highest BCUT2D eigenvalue weighted by atomic mass is 32.1. The summed E-state index contributed by atoms with van der Waals surface area (Å²) < 4.78 is 5.59. The number of thiazole rings is 1. The van der Waals surface area contributed by atoms with E-state index >= 15 is 0 Å². The molecule has 0 spiro atoms. The minimum absolute atomic E-state index is 0.136. The fraction of sp³-hybridized carbons (Fsp3) is 0.222. The van der Waals surface area contributed by atoms with Gasteiger partial charge in [0.2, 0.25) is 0 Å². The maximum atomic E-state index is 12.6. The average molecular weight is 326 g/mol. The van der Waals surface area contributed by atoms with Gasteiger partial charge < -0.3 is 9.73 Å². The van der Waals surface area contributed by atoms with Crippen LogP contribution < -0.4 is 5.32 Å². The zero-order valence-corrected chi connectivity index (χ0v) is 14.4. The largest absolute Gasteiger partial charge is 0.459 e. The number of furan rings is 1. The van der Waals surface area contributed by atoms with Crippen molar-refractivity contribution in [3.05, 3.63) is 57.8 Å². The Hall–Kier alpha value is -2.40. The van der Waals surface area contributed by atoms with E-state index in [1.807, 2.05) is 58.0 Å². The molecule has 0 saturated carbocycles. The molecule has 1 amide bonds. The minimum atomic E-state index is -0.136. The molecule has 0 atom stereocenters. The Bertz CT molecular complexity index is 877. The molecule has 0 bridgehead atoms. The van der Waals surface area contributed by atoms with Gasteiger partial charge in [-0.25, -0.2) is 4.98 Å². The molecular weight excluding hydrogens is 308 g/mol. The zero-order chi connectivity index (χ0) is 16.6. The molecule has 1 aromatic carbocycles. The fourth-order valence-electron chi connectivity index (χ4n) is 2.31. The van der Waals surface area contributed by atoms with E-state index in [2.05, 4.69) is 10.3 Å². The van der Waals surface area contributed by atoms with E-state index in [0.717, 1.165) is 27.6 Å². The first-order chi connectivity index (χ1) is 10.9. The van der Waals surface area contributed by atoms with Crippen LogP contribution in [-0.4, -0.2) is 10.9 Å². The first-order valence-electron chi connectivity index (χ1n) is 7.37. The monoisotopic (exact) mass is 326 g/mol. The molecular formula is C18H18N2O2S. The van der Waals surface area contributed by atoms with Gasteiger partial charge in [0, 0.05) is 5.69 Å². The molecule has 5 heteroatoms. The zero-order valence-electron chi connectivity index (χ0n) is 13.6. The summed E-state index contributed by atoms with van der Waals surface area (Å²) in [5.41, 5.74) is 3.69. The highest BCUT2D eigenvalue weighted by molar-refractivity contribution is 7.17. The lowest BCUT2D eigenvalue weighted by molar-refractivity contribution is 0.102. The third kappa shape index (κ3) is 3.19. The third-order valence-corrected chi connectivity index (χ3v) is 4.77. The summed E-state index contributed by atoms with van der Waals surface area (Å²) in [7, 11) is 0. The molecule has 4 nitrogen and oxygen atoms in total. The second kappa shape index (κ2) is 6.01. The fourth-order valence-corrected chi connectivity index (χ4v) is 3.23. The number of hydrogen-bond donors (Lipinski definition) is 1. The summed E-state index contributed by atoms with van der Waals surface area (Å²) in [5.74, 6) is 1.39. The Labute approximate surface area is 139 Å². The number of rotatable bonds is 3. The van der Waals surface area contributed by atoms with Gasteiger partial charge in [0.1, 0.15) is 10.6 Å². The lowest BCUT2D eigenvalue weighted by Crippen LogP contribution is -2.12. The summed E-state index contributed by atoms with van der Waals surface area (Å²) in [6.07, 6.45) is 0. The molecule has 2 heterocycles. The lowest BCUT2D eigenvalue weighted by atomic mass is 10.1. The SMILES string of the molecule is Cc1ccc(C)c(NC(=O)c2sc(-c3ccc(C)o3)nc2C)c1. The molecule has 23 heavy (non-hydrogen) atoms. The molecule has 0 aliphatic rings. The molecule has 3 rings (SSSR count). The number of hydrogen-bond acceptors (Lipinski definition) is 4.